The number of carbonyl (C=O) groups is 2. The Bertz CT molecular complexity index is 556. The van der Waals surface area contributed by atoms with Gasteiger partial charge in [-0.2, -0.15) is 0 Å². The van der Waals surface area contributed by atoms with E-state index in [1.165, 1.54) is 0 Å². The number of carbonyl (C=O) groups excluding carboxylic acids is 2. The van der Waals surface area contributed by atoms with E-state index in [4.69, 9.17) is 0 Å². The summed E-state index contributed by atoms with van der Waals surface area (Å²) in [6, 6.07) is 10.1. The summed E-state index contributed by atoms with van der Waals surface area (Å²) in [4.78, 5) is 24.6. The Morgan fingerprint density at radius 2 is 2.00 bits per heavy atom. The van der Waals surface area contributed by atoms with Crippen molar-refractivity contribution < 1.29 is 9.59 Å². The number of fused-ring (bicyclic) bond motifs is 2. The van der Waals surface area contributed by atoms with Crippen molar-refractivity contribution in [3.05, 3.63) is 42.0 Å². The van der Waals surface area contributed by atoms with Gasteiger partial charge < -0.3 is 0 Å². The zero-order chi connectivity index (χ0) is 13.5. The molecule has 2 aliphatic rings. The Morgan fingerprint density at radius 1 is 1.26 bits per heavy atom. The fourth-order valence-corrected chi connectivity index (χ4v) is 3.56. The van der Waals surface area contributed by atoms with E-state index in [1.807, 2.05) is 18.2 Å². The van der Waals surface area contributed by atoms with Crippen LogP contribution in [0, 0.1) is 11.3 Å². The lowest BCUT2D eigenvalue weighted by Gasteiger charge is -2.41. The van der Waals surface area contributed by atoms with Gasteiger partial charge in [0.1, 0.15) is 5.78 Å². The number of hydrogen-bond donors (Lipinski definition) is 0. The van der Waals surface area contributed by atoms with Crippen molar-refractivity contribution >= 4 is 17.1 Å². The summed E-state index contributed by atoms with van der Waals surface area (Å²) in [5.74, 6) is 0.131. The van der Waals surface area contributed by atoms with Crippen molar-refractivity contribution in [2.75, 3.05) is 0 Å². The van der Waals surface area contributed by atoms with E-state index in [0.29, 0.717) is 6.42 Å². The Balaban J connectivity index is 2.05. The predicted octanol–water partition coefficient (Wildman–Crippen LogP) is 3.42. The number of rotatable bonds is 2. The first-order valence-electron chi connectivity index (χ1n) is 6.96. The van der Waals surface area contributed by atoms with Gasteiger partial charge in [-0.3, -0.25) is 9.59 Å². The van der Waals surface area contributed by atoms with E-state index >= 15 is 0 Å². The summed E-state index contributed by atoms with van der Waals surface area (Å²) in [5.41, 5.74) is 1.54. The number of allylic oxidation sites excluding steroid dienone is 2. The largest absolute Gasteiger partial charge is 0.299 e. The van der Waals surface area contributed by atoms with Crippen LogP contribution in [0.4, 0.5) is 0 Å². The normalized spacial score (nSPS) is 29.8. The Morgan fingerprint density at radius 3 is 2.68 bits per heavy atom. The molecule has 0 radical (unpaired) electrons. The van der Waals surface area contributed by atoms with Crippen molar-refractivity contribution in [1.29, 1.82) is 0 Å². The van der Waals surface area contributed by atoms with E-state index in [1.54, 1.807) is 6.92 Å². The van der Waals surface area contributed by atoms with Crippen molar-refractivity contribution in [1.82, 2.24) is 0 Å². The number of hydrogen-bond acceptors (Lipinski definition) is 2. The maximum Gasteiger partial charge on any atom is 0.154 e. The van der Waals surface area contributed by atoms with Crippen molar-refractivity contribution in [2.24, 2.45) is 11.3 Å². The van der Waals surface area contributed by atoms with Gasteiger partial charge in [0.15, 0.2) is 5.78 Å². The molecule has 19 heavy (non-hydrogen) atoms. The highest BCUT2D eigenvalue weighted by Crippen LogP contribution is 2.48. The van der Waals surface area contributed by atoms with Crippen molar-refractivity contribution in [3.63, 3.8) is 0 Å². The molecule has 1 fully saturated rings. The summed E-state index contributed by atoms with van der Waals surface area (Å²) in [5, 5.41) is 0. The van der Waals surface area contributed by atoms with E-state index in [9.17, 15) is 9.59 Å². The molecule has 2 heteroatoms. The first-order valence-corrected chi connectivity index (χ1v) is 6.96. The molecule has 0 saturated heterocycles. The van der Waals surface area contributed by atoms with Gasteiger partial charge in [0.25, 0.3) is 0 Å². The lowest BCUT2D eigenvalue weighted by Crippen LogP contribution is -2.47. The average molecular weight is 254 g/mol. The van der Waals surface area contributed by atoms with Crippen LogP contribution in [-0.4, -0.2) is 11.6 Å². The maximum absolute atomic E-state index is 12.7. The van der Waals surface area contributed by atoms with Crippen LogP contribution in [0.5, 0.6) is 0 Å². The molecule has 98 valence electrons. The molecule has 2 unspecified atom stereocenters. The molecule has 2 atom stereocenters. The molecule has 1 aromatic rings. The number of benzene rings is 1. The third-order valence-electron chi connectivity index (χ3n) is 4.71. The topological polar surface area (TPSA) is 34.1 Å². The van der Waals surface area contributed by atoms with E-state index in [-0.39, 0.29) is 17.5 Å². The molecule has 2 bridgehead atoms. The first kappa shape index (κ1) is 12.3. The fraction of sp³-hybridized carbons (Fsp3) is 0.412. The van der Waals surface area contributed by atoms with Gasteiger partial charge in [-0.15, -0.1) is 0 Å². The third kappa shape index (κ3) is 1.78. The second kappa shape index (κ2) is 4.44. The van der Waals surface area contributed by atoms with Crippen LogP contribution in [0.3, 0.4) is 0 Å². The molecule has 0 heterocycles. The molecule has 1 saturated carbocycles. The molecule has 0 aromatic heterocycles. The van der Waals surface area contributed by atoms with E-state index in [2.05, 4.69) is 18.2 Å². The Kier molecular flexibility index (Phi) is 2.89. The summed E-state index contributed by atoms with van der Waals surface area (Å²) in [7, 11) is 0. The van der Waals surface area contributed by atoms with E-state index in [0.717, 1.165) is 30.4 Å². The quantitative estimate of drug-likeness (QED) is 0.758. The Labute approximate surface area is 113 Å². The molecule has 0 amide bonds. The zero-order valence-corrected chi connectivity index (χ0v) is 11.2. The summed E-state index contributed by atoms with van der Waals surface area (Å²) < 4.78 is 0. The van der Waals surface area contributed by atoms with Crippen LogP contribution in [0.25, 0.3) is 5.57 Å². The molecule has 0 N–H and O–H groups in total. The number of Topliss-reactive ketones (excluding diaryl/α,β-unsaturated/α-hetero) is 2. The highest BCUT2D eigenvalue weighted by Gasteiger charge is 2.50. The van der Waals surface area contributed by atoms with Gasteiger partial charge in [-0.1, -0.05) is 42.8 Å². The first-order chi connectivity index (χ1) is 9.15. The van der Waals surface area contributed by atoms with Gasteiger partial charge in [0.2, 0.25) is 0 Å². The van der Waals surface area contributed by atoms with Crippen LogP contribution < -0.4 is 0 Å². The van der Waals surface area contributed by atoms with Gasteiger partial charge in [-0.25, -0.2) is 0 Å². The molecule has 2 nitrogen and oxygen atoms in total. The van der Waals surface area contributed by atoms with Crippen LogP contribution >= 0.6 is 0 Å². The highest BCUT2D eigenvalue weighted by atomic mass is 16.2. The van der Waals surface area contributed by atoms with E-state index < -0.39 is 5.41 Å². The highest BCUT2D eigenvalue weighted by molar-refractivity contribution is 6.12. The molecule has 0 spiro atoms. The van der Waals surface area contributed by atoms with Crippen LogP contribution in [-0.2, 0) is 9.59 Å². The SMILES string of the molecule is CC(=O)C12CC=C(c3ccccc3)C(CCC1)C2=O. The smallest absolute Gasteiger partial charge is 0.154 e. The summed E-state index contributed by atoms with van der Waals surface area (Å²) in [6.45, 7) is 1.57. The molecule has 1 aromatic carbocycles. The Hall–Kier alpha value is -1.70. The van der Waals surface area contributed by atoms with Crippen LogP contribution in [0.1, 0.15) is 38.2 Å². The van der Waals surface area contributed by atoms with Crippen molar-refractivity contribution in [3.8, 4) is 0 Å². The van der Waals surface area contributed by atoms with Gasteiger partial charge in [0.05, 0.1) is 5.41 Å². The predicted molar refractivity (Wildman–Crippen MR) is 74.5 cm³/mol. The van der Waals surface area contributed by atoms with Crippen LogP contribution in [0.15, 0.2) is 36.4 Å². The summed E-state index contributed by atoms with van der Waals surface area (Å²) >= 11 is 0. The minimum absolute atomic E-state index is 0.0468. The maximum atomic E-state index is 12.7. The minimum atomic E-state index is -0.707. The third-order valence-corrected chi connectivity index (χ3v) is 4.71. The molecule has 2 aliphatic carbocycles. The fourth-order valence-electron chi connectivity index (χ4n) is 3.56. The second-order valence-electron chi connectivity index (χ2n) is 5.68. The minimum Gasteiger partial charge on any atom is -0.299 e. The van der Waals surface area contributed by atoms with Gasteiger partial charge in [0, 0.05) is 5.92 Å². The second-order valence-corrected chi connectivity index (χ2v) is 5.68. The lowest BCUT2D eigenvalue weighted by atomic mass is 9.59. The number of ketones is 2. The monoisotopic (exact) mass is 254 g/mol. The standard InChI is InChI=1S/C17H18O2/c1-12(18)17-10-5-8-15(16(17)19)14(9-11-17)13-6-3-2-4-7-13/h2-4,6-7,9,15H,5,8,10-11H2,1H3. The lowest BCUT2D eigenvalue weighted by molar-refractivity contribution is -0.144. The summed E-state index contributed by atoms with van der Waals surface area (Å²) in [6.07, 6.45) is 5.30. The average Bonchev–Trinajstić information content (AvgIpc) is 2.40. The zero-order valence-electron chi connectivity index (χ0n) is 11.2. The van der Waals surface area contributed by atoms with Crippen LogP contribution in [0.2, 0.25) is 0 Å². The van der Waals surface area contributed by atoms with Gasteiger partial charge in [-0.05, 0) is 37.3 Å². The molecular formula is C17H18O2. The molecular weight excluding hydrogens is 236 g/mol. The van der Waals surface area contributed by atoms with Crippen molar-refractivity contribution in [2.45, 2.75) is 32.6 Å². The van der Waals surface area contributed by atoms with Gasteiger partial charge >= 0.3 is 0 Å². The molecule has 3 rings (SSSR count). The molecule has 0 aliphatic heterocycles.